The third kappa shape index (κ3) is 3.80. The van der Waals surface area contributed by atoms with E-state index in [1.165, 1.54) is 55.6 Å². The highest BCUT2D eigenvalue weighted by Gasteiger charge is 2.53. The molecule has 0 unspecified atom stereocenters. The minimum Gasteiger partial charge on any atom is -0.292 e. The van der Waals surface area contributed by atoms with E-state index in [0.717, 1.165) is 28.1 Å². The van der Waals surface area contributed by atoms with Gasteiger partial charge in [-0.2, -0.15) is 0 Å². The van der Waals surface area contributed by atoms with Crippen LogP contribution in [0.2, 0.25) is 0 Å². The van der Waals surface area contributed by atoms with Crippen LogP contribution in [0.1, 0.15) is 47.2 Å². The summed E-state index contributed by atoms with van der Waals surface area (Å²) < 4.78 is 2.30. The molecule has 0 aliphatic heterocycles. The van der Waals surface area contributed by atoms with Crippen molar-refractivity contribution in [3.8, 4) is 39.3 Å². The maximum Gasteiger partial charge on any atom is 0.145 e. The average Bonchev–Trinajstić information content (AvgIpc) is 3.69. The lowest BCUT2D eigenvalue weighted by molar-refractivity contribution is 0.563. The fourth-order valence-electron chi connectivity index (χ4n) is 8.93. The number of benzene rings is 7. The monoisotopic (exact) mass is 626 g/mol. The molecule has 2 aliphatic carbocycles. The molecule has 1 aromatic heterocycles. The Morgan fingerprint density at radius 3 is 1.76 bits per heavy atom. The zero-order chi connectivity index (χ0) is 32.7. The van der Waals surface area contributed by atoms with Crippen LogP contribution in [0.5, 0.6) is 0 Å². The zero-order valence-corrected chi connectivity index (χ0v) is 27.6. The first-order chi connectivity index (χ1) is 24.1. The molecule has 0 radical (unpaired) electrons. The number of hydrogen-bond acceptors (Lipinski definition) is 1. The summed E-state index contributed by atoms with van der Waals surface area (Å²) in [5.74, 6) is 0.945. The van der Waals surface area contributed by atoms with Crippen molar-refractivity contribution in [3.05, 3.63) is 203 Å². The van der Waals surface area contributed by atoms with Gasteiger partial charge in [-0.3, -0.25) is 4.57 Å². The van der Waals surface area contributed by atoms with E-state index in [1.54, 1.807) is 0 Å². The molecule has 0 saturated heterocycles. The normalized spacial score (nSPS) is 14.7. The lowest BCUT2D eigenvalue weighted by Crippen LogP contribution is -2.40. The van der Waals surface area contributed by atoms with Crippen LogP contribution in [0.15, 0.2) is 170 Å². The lowest BCUT2D eigenvalue weighted by Gasteiger charge is -2.46. The van der Waals surface area contributed by atoms with Crippen molar-refractivity contribution in [2.24, 2.45) is 0 Å². The van der Waals surface area contributed by atoms with Gasteiger partial charge in [-0.05, 0) is 86.0 Å². The molecular weight excluding hydrogens is 593 g/mol. The van der Waals surface area contributed by atoms with Crippen molar-refractivity contribution in [2.45, 2.75) is 24.7 Å². The summed E-state index contributed by atoms with van der Waals surface area (Å²) in [6, 6.07) is 62.4. The Morgan fingerprint density at radius 1 is 0.429 bits per heavy atom. The SMILES string of the molecule is CC1(C)c2ccccc2C2(c3ccccc3-c3ccccc32)c2cc(-c3cccc(-n4c(-c5ccccc5)nc5ccccc54)c3)ccc21. The molecule has 49 heavy (non-hydrogen) atoms. The molecule has 2 nitrogen and oxygen atoms in total. The van der Waals surface area contributed by atoms with Gasteiger partial charge in [0.1, 0.15) is 5.82 Å². The zero-order valence-electron chi connectivity index (χ0n) is 27.6. The Kier molecular flexibility index (Phi) is 5.87. The van der Waals surface area contributed by atoms with Crippen molar-refractivity contribution in [2.75, 3.05) is 0 Å². The van der Waals surface area contributed by atoms with E-state index in [9.17, 15) is 0 Å². The van der Waals surface area contributed by atoms with Gasteiger partial charge in [0, 0.05) is 16.7 Å². The Bertz CT molecular complexity index is 2540. The molecular formula is C47H34N2. The molecule has 232 valence electrons. The highest BCUT2D eigenvalue weighted by Crippen LogP contribution is 2.62. The number of aromatic nitrogens is 2. The molecule has 0 saturated carbocycles. The van der Waals surface area contributed by atoms with Crippen LogP contribution < -0.4 is 0 Å². The molecule has 0 bridgehead atoms. The van der Waals surface area contributed by atoms with E-state index in [0.29, 0.717) is 0 Å². The lowest BCUT2D eigenvalue weighted by atomic mass is 9.55. The van der Waals surface area contributed by atoms with Gasteiger partial charge in [0.05, 0.1) is 16.4 Å². The molecule has 1 spiro atoms. The molecule has 2 heteroatoms. The smallest absolute Gasteiger partial charge is 0.145 e. The number of nitrogens with zero attached hydrogens (tertiary/aromatic N) is 2. The third-order valence-corrected chi connectivity index (χ3v) is 11.1. The second-order valence-corrected chi connectivity index (χ2v) is 13.9. The van der Waals surface area contributed by atoms with E-state index in [2.05, 4.69) is 188 Å². The molecule has 0 amide bonds. The number of fused-ring (bicyclic) bond motifs is 10. The Hall–Kier alpha value is -5.99. The van der Waals surface area contributed by atoms with Crippen LogP contribution >= 0.6 is 0 Å². The van der Waals surface area contributed by atoms with Gasteiger partial charge in [0.15, 0.2) is 0 Å². The van der Waals surface area contributed by atoms with Gasteiger partial charge in [-0.15, -0.1) is 0 Å². The number of hydrogen-bond donors (Lipinski definition) is 0. The van der Waals surface area contributed by atoms with Crippen LogP contribution in [-0.2, 0) is 10.8 Å². The van der Waals surface area contributed by atoms with Gasteiger partial charge in [-0.1, -0.05) is 153 Å². The maximum absolute atomic E-state index is 5.11. The van der Waals surface area contributed by atoms with E-state index >= 15 is 0 Å². The van der Waals surface area contributed by atoms with E-state index in [4.69, 9.17) is 4.98 Å². The highest BCUT2D eigenvalue weighted by molar-refractivity contribution is 5.89. The summed E-state index contributed by atoms with van der Waals surface area (Å²) in [5, 5.41) is 0. The van der Waals surface area contributed by atoms with Crippen molar-refractivity contribution < 1.29 is 0 Å². The largest absolute Gasteiger partial charge is 0.292 e. The third-order valence-electron chi connectivity index (χ3n) is 11.1. The summed E-state index contributed by atoms with van der Waals surface area (Å²) in [4.78, 5) is 5.11. The molecule has 8 aromatic rings. The Labute approximate surface area is 287 Å². The molecule has 1 heterocycles. The fraction of sp³-hybridized carbons (Fsp3) is 0.0851. The van der Waals surface area contributed by atoms with E-state index in [1.807, 2.05) is 0 Å². The summed E-state index contributed by atoms with van der Waals surface area (Å²) >= 11 is 0. The number of para-hydroxylation sites is 2. The van der Waals surface area contributed by atoms with Crippen LogP contribution in [0, 0.1) is 0 Å². The standard InChI is InChI=1S/C47H34N2/c1-46(2)39-23-10-11-24-41(39)47(37-21-8-6-19-35(37)36-20-7-9-22-38(36)47)42-30-33(27-28-40(42)46)32-17-14-18-34(29-32)49-44-26-13-12-25-43(44)48-45(49)31-15-4-3-5-16-31/h3-30H,1-2H3. The quantitative estimate of drug-likeness (QED) is 0.191. The molecule has 0 N–H and O–H groups in total. The predicted octanol–water partition coefficient (Wildman–Crippen LogP) is 11.4. The van der Waals surface area contributed by atoms with Crippen LogP contribution in [-0.4, -0.2) is 9.55 Å². The minimum absolute atomic E-state index is 0.162. The second kappa shape index (κ2) is 10.3. The second-order valence-electron chi connectivity index (χ2n) is 13.9. The summed E-state index contributed by atoms with van der Waals surface area (Å²) in [6.07, 6.45) is 0. The highest BCUT2D eigenvalue weighted by atomic mass is 15.1. The summed E-state index contributed by atoms with van der Waals surface area (Å²) in [6.45, 7) is 4.78. The van der Waals surface area contributed by atoms with E-state index < -0.39 is 5.41 Å². The molecule has 2 aliphatic rings. The minimum atomic E-state index is -0.413. The topological polar surface area (TPSA) is 17.8 Å². The number of imidazole rings is 1. The summed E-state index contributed by atoms with van der Waals surface area (Å²) in [7, 11) is 0. The van der Waals surface area contributed by atoms with Gasteiger partial charge in [-0.25, -0.2) is 4.98 Å². The van der Waals surface area contributed by atoms with Crippen LogP contribution in [0.25, 0.3) is 50.4 Å². The van der Waals surface area contributed by atoms with Gasteiger partial charge < -0.3 is 0 Å². The van der Waals surface area contributed by atoms with Crippen molar-refractivity contribution in [1.82, 2.24) is 9.55 Å². The first-order valence-corrected chi connectivity index (χ1v) is 17.1. The molecule has 0 atom stereocenters. The molecule has 7 aromatic carbocycles. The van der Waals surface area contributed by atoms with Gasteiger partial charge >= 0.3 is 0 Å². The fourth-order valence-corrected chi connectivity index (χ4v) is 8.93. The van der Waals surface area contributed by atoms with Crippen LogP contribution in [0.3, 0.4) is 0 Å². The number of rotatable bonds is 3. The Morgan fingerprint density at radius 2 is 1.00 bits per heavy atom. The molecule has 0 fully saturated rings. The van der Waals surface area contributed by atoms with Crippen LogP contribution in [0.4, 0.5) is 0 Å². The predicted molar refractivity (Wildman–Crippen MR) is 201 cm³/mol. The van der Waals surface area contributed by atoms with Crippen molar-refractivity contribution in [3.63, 3.8) is 0 Å². The first kappa shape index (κ1) is 28.1. The van der Waals surface area contributed by atoms with Crippen molar-refractivity contribution >= 4 is 11.0 Å². The average molecular weight is 627 g/mol. The summed E-state index contributed by atoms with van der Waals surface area (Å²) in [5.41, 5.74) is 17.0. The van der Waals surface area contributed by atoms with E-state index in [-0.39, 0.29) is 5.41 Å². The Balaban J connectivity index is 1.23. The van der Waals surface area contributed by atoms with Crippen molar-refractivity contribution in [1.29, 1.82) is 0 Å². The van der Waals surface area contributed by atoms with Gasteiger partial charge in [0.25, 0.3) is 0 Å². The first-order valence-electron chi connectivity index (χ1n) is 17.1. The molecule has 10 rings (SSSR count). The van der Waals surface area contributed by atoms with Gasteiger partial charge in [0.2, 0.25) is 0 Å². The maximum atomic E-state index is 5.11.